The Morgan fingerprint density at radius 1 is 1.33 bits per heavy atom. The Kier molecular flexibility index (Phi) is 4.94. The second-order valence-corrected chi connectivity index (χ2v) is 4.28. The highest BCUT2D eigenvalue weighted by Gasteiger charge is 2.08. The van der Waals surface area contributed by atoms with Gasteiger partial charge in [0.15, 0.2) is 0 Å². The van der Waals surface area contributed by atoms with Crippen molar-refractivity contribution in [3.63, 3.8) is 0 Å². The quantitative estimate of drug-likeness (QED) is 0.620. The summed E-state index contributed by atoms with van der Waals surface area (Å²) in [6.45, 7) is 2.09. The molecular formula is C17H15NO3. The number of nitrogens with zero attached hydrogens (tertiary/aromatic N) is 1. The smallest absolute Gasteiger partial charge is 0.330 e. The fraction of sp³-hybridized carbons (Fsp3) is 0.176. The summed E-state index contributed by atoms with van der Waals surface area (Å²) in [6, 6.07) is 13.3. The van der Waals surface area contributed by atoms with Gasteiger partial charge in [-0.3, -0.25) is 0 Å². The van der Waals surface area contributed by atoms with Gasteiger partial charge in [-0.05, 0) is 30.7 Å². The first-order valence-corrected chi connectivity index (χ1v) is 6.64. The van der Waals surface area contributed by atoms with Crippen LogP contribution >= 0.6 is 0 Å². The van der Waals surface area contributed by atoms with Gasteiger partial charge in [-0.25, -0.2) is 4.79 Å². The lowest BCUT2D eigenvalue weighted by Crippen LogP contribution is -1.98. The number of esters is 1. The van der Waals surface area contributed by atoms with Gasteiger partial charge in [-0.2, -0.15) is 5.26 Å². The Bertz CT molecular complexity index is 692. The summed E-state index contributed by atoms with van der Waals surface area (Å²) in [7, 11) is 0. The number of rotatable bonds is 5. The van der Waals surface area contributed by atoms with Gasteiger partial charge in [0.25, 0.3) is 0 Å². The molecule has 0 aliphatic heterocycles. The third-order valence-corrected chi connectivity index (χ3v) is 2.85. The SMILES string of the molecule is CCOC(=O)/C=C/c1ccc(-c2ccccc2CC#N)o1. The van der Waals surface area contributed by atoms with E-state index in [1.54, 1.807) is 19.1 Å². The molecule has 0 amide bonds. The van der Waals surface area contributed by atoms with E-state index in [0.717, 1.165) is 11.1 Å². The third kappa shape index (κ3) is 3.83. The van der Waals surface area contributed by atoms with Crippen molar-refractivity contribution in [3.05, 3.63) is 53.8 Å². The Morgan fingerprint density at radius 2 is 2.14 bits per heavy atom. The maximum absolute atomic E-state index is 11.2. The molecule has 0 unspecified atom stereocenters. The number of carbonyl (C=O) groups is 1. The molecule has 2 rings (SSSR count). The van der Waals surface area contributed by atoms with Crippen LogP contribution in [-0.4, -0.2) is 12.6 Å². The van der Waals surface area contributed by atoms with E-state index in [-0.39, 0.29) is 0 Å². The fourth-order valence-electron chi connectivity index (χ4n) is 1.93. The zero-order chi connectivity index (χ0) is 15.1. The minimum absolute atomic E-state index is 0.324. The highest BCUT2D eigenvalue weighted by molar-refractivity contribution is 5.86. The minimum Gasteiger partial charge on any atom is -0.463 e. The molecule has 0 aliphatic rings. The molecular weight excluding hydrogens is 266 g/mol. The van der Waals surface area contributed by atoms with Crippen LogP contribution < -0.4 is 0 Å². The number of carbonyl (C=O) groups excluding carboxylic acids is 1. The number of furan rings is 1. The number of benzene rings is 1. The Balaban J connectivity index is 2.21. The molecule has 21 heavy (non-hydrogen) atoms. The van der Waals surface area contributed by atoms with Gasteiger partial charge in [0.2, 0.25) is 0 Å². The lowest BCUT2D eigenvalue weighted by Gasteiger charge is -2.02. The van der Waals surface area contributed by atoms with Gasteiger partial charge in [-0.1, -0.05) is 24.3 Å². The van der Waals surface area contributed by atoms with E-state index in [9.17, 15) is 4.79 Å². The van der Waals surface area contributed by atoms with Crippen LogP contribution in [0, 0.1) is 11.3 Å². The topological polar surface area (TPSA) is 63.2 Å². The van der Waals surface area contributed by atoms with E-state index < -0.39 is 5.97 Å². The van der Waals surface area contributed by atoms with E-state index in [1.807, 2.05) is 30.3 Å². The predicted molar refractivity (Wildman–Crippen MR) is 79.1 cm³/mol. The molecule has 4 nitrogen and oxygen atoms in total. The molecule has 0 saturated heterocycles. The number of nitriles is 1. The first kappa shape index (κ1) is 14.6. The van der Waals surface area contributed by atoms with Crippen molar-refractivity contribution in [2.75, 3.05) is 6.61 Å². The molecule has 4 heteroatoms. The maximum atomic E-state index is 11.2. The minimum atomic E-state index is -0.402. The molecule has 1 aromatic heterocycles. The Labute approximate surface area is 123 Å². The zero-order valence-corrected chi connectivity index (χ0v) is 11.7. The summed E-state index contributed by atoms with van der Waals surface area (Å²) in [5.41, 5.74) is 1.80. The Morgan fingerprint density at radius 3 is 2.90 bits per heavy atom. The van der Waals surface area contributed by atoms with Crippen molar-refractivity contribution in [1.82, 2.24) is 0 Å². The van der Waals surface area contributed by atoms with Crippen LogP contribution in [0.5, 0.6) is 0 Å². The second-order valence-electron chi connectivity index (χ2n) is 4.28. The van der Waals surface area contributed by atoms with Crippen molar-refractivity contribution in [1.29, 1.82) is 5.26 Å². The number of hydrogen-bond acceptors (Lipinski definition) is 4. The predicted octanol–water partition coefficient (Wildman–Crippen LogP) is 3.59. The third-order valence-electron chi connectivity index (χ3n) is 2.85. The van der Waals surface area contributed by atoms with Gasteiger partial charge >= 0.3 is 5.97 Å². The molecule has 0 bridgehead atoms. The average molecular weight is 281 g/mol. The molecule has 0 aliphatic carbocycles. The van der Waals surface area contributed by atoms with Crippen molar-refractivity contribution in [2.24, 2.45) is 0 Å². The van der Waals surface area contributed by atoms with Gasteiger partial charge in [0.1, 0.15) is 11.5 Å². The molecule has 0 N–H and O–H groups in total. The van der Waals surface area contributed by atoms with Crippen LogP contribution in [0.15, 0.2) is 46.9 Å². The molecule has 0 radical (unpaired) electrons. The summed E-state index contributed by atoms with van der Waals surface area (Å²) < 4.78 is 10.5. The first-order valence-electron chi connectivity index (χ1n) is 6.64. The van der Waals surface area contributed by atoms with E-state index >= 15 is 0 Å². The summed E-state index contributed by atoms with van der Waals surface area (Å²) in [5, 5.41) is 8.85. The van der Waals surface area contributed by atoms with Crippen molar-refractivity contribution < 1.29 is 13.9 Å². The molecule has 106 valence electrons. The van der Waals surface area contributed by atoms with Crippen LogP contribution in [-0.2, 0) is 16.0 Å². The van der Waals surface area contributed by atoms with Crippen molar-refractivity contribution >= 4 is 12.0 Å². The molecule has 0 fully saturated rings. The standard InChI is InChI=1S/C17H15NO3/c1-2-20-17(19)10-8-14-7-9-16(21-14)15-6-4-3-5-13(15)11-12-18/h3-10H,2,11H2,1H3/b10-8+. The lowest BCUT2D eigenvalue weighted by molar-refractivity contribution is -0.137. The summed E-state index contributed by atoms with van der Waals surface area (Å²) in [4.78, 5) is 11.2. The van der Waals surface area contributed by atoms with Crippen LogP contribution in [0.1, 0.15) is 18.2 Å². The second kappa shape index (κ2) is 7.11. The average Bonchev–Trinajstić information content (AvgIpc) is 2.95. The van der Waals surface area contributed by atoms with Crippen LogP contribution in [0.2, 0.25) is 0 Å². The van der Waals surface area contributed by atoms with E-state index in [4.69, 9.17) is 14.4 Å². The van der Waals surface area contributed by atoms with E-state index in [2.05, 4.69) is 6.07 Å². The molecule has 0 atom stereocenters. The first-order chi connectivity index (χ1) is 10.2. The largest absolute Gasteiger partial charge is 0.463 e. The maximum Gasteiger partial charge on any atom is 0.330 e. The molecule has 1 aromatic carbocycles. The monoisotopic (exact) mass is 281 g/mol. The molecule has 2 aromatic rings. The molecule has 1 heterocycles. The van der Waals surface area contributed by atoms with E-state index in [1.165, 1.54) is 6.08 Å². The Hall–Kier alpha value is -2.80. The summed E-state index contributed by atoms with van der Waals surface area (Å²) >= 11 is 0. The summed E-state index contributed by atoms with van der Waals surface area (Å²) in [5.74, 6) is 0.828. The number of hydrogen-bond donors (Lipinski definition) is 0. The van der Waals surface area contributed by atoms with Crippen LogP contribution in [0.25, 0.3) is 17.4 Å². The zero-order valence-electron chi connectivity index (χ0n) is 11.7. The van der Waals surface area contributed by atoms with Crippen molar-refractivity contribution in [3.8, 4) is 17.4 Å². The molecule has 0 spiro atoms. The summed E-state index contributed by atoms with van der Waals surface area (Å²) in [6.07, 6.45) is 3.21. The van der Waals surface area contributed by atoms with Gasteiger partial charge in [0, 0.05) is 11.6 Å². The molecule has 0 saturated carbocycles. The van der Waals surface area contributed by atoms with E-state index in [0.29, 0.717) is 24.5 Å². The fourth-order valence-corrected chi connectivity index (χ4v) is 1.93. The van der Waals surface area contributed by atoms with Crippen molar-refractivity contribution in [2.45, 2.75) is 13.3 Å². The van der Waals surface area contributed by atoms with Gasteiger partial charge < -0.3 is 9.15 Å². The van der Waals surface area contributed by atoms with Crippen LogP contribution in [0.4, 0.5) is 0 Å². The van der Waals surface area contributed by atoms with Gasteiger partial charge in [0.05, 0.1) is 19.1 Å². The lowest BCUT2D eigenvalue weighted by atomic mass is 10.0. The van der Waals surface area contributed by atoms with Crippen LogP contribution in [0.3, 0.4) is 0 Å². The van der Waals surface area contributed by atoms with Gasteiger partial charge in [-0.15, -0.1) is 0 Å². The number of ether oxygens (including phenoxy) is 1. The highest BCUT2D eigenvalue weighted by Crippen LogP contribution is 2.26. The normalized spacial score (nSPS) is 10.5. The highest BCUT2D eigenvalue weighted by atomic mass is 16.5.